The zero-order chi connectivity index (χ0) is 16.2. The van der Waals surface area contributed by atoms with Gasteiger partial charge in [0.05, 0.1) is 6.10 Å². The van der Waals surface area contributed by atoms with E-state index in [0.29, 0.717) is 6.10 Å². The van der Waals surface area contributed by atoms with E-state index in [1.165, 1.54) is 94.6 Å². The van der Waals surface area contributed by atoms with Crippen LogP contribution in [-0.4, -0.2) is 6.61 Å². The number of hydrogen-bond acceptors (Lipinski definition) is 1. The summed E-state index contributed by atoms with van der Waals surface area (Å²) >= 11 is 0. The molecule has 0 heterocycles. The molecule has 1 aromatic carbocycles. The fourth-order valence-electron chi connectivity index (χ4n) is 3.70. The lowest BCUT2D eigenvalue weighted by atomic mass is 9.89. The summed E-state index contributed by atoms with van der Waals surface area (Å²) in [5.74, 6) is 0. The molecule has 1 nitrogen and oxygen atoms in total. The first-order chi connectivity index (χ1) is 11.4. The van der Waals surface area contributed by atoms with Crippen molar-refractivity contribution >= 4 is 0 Å². The second-order valence-electron chi connectivity index (χ2n) is 7.13. The predicted molar refractivity (Wildman–Crippen MR) is 99.9 cm³/mol. The van der Waals surface area contributed by atoms with E-state index < -0.39 is 0 Å². The number of aryl methyl sites for hydroxylation is 1. The van der Waals surface area contributed by atoms with E-state index in [1.54, 1.807) is 0 Å². The zero-order valence-corrected chi connectivity index (χ0v) is 15.2. The highest BCUT2D eigenvalue weighted by molar-refractivity contribution is 5.31. The van der Waals surface area contributed by atoms with Crippen molar-refractivity contribution in [2.75, 3.05) is 6.61 Å². The van der Waals surface area contributed by atoms with Gasteiger partial charge in [0.2, 0.25) is 0 Å². The summed E-state index contributed by atoms with van der Waals surface area (Å²) in [7, 11) is 0. The molecule has 0 N–H and O–H groups in total. The summed E-state index contributed by atoms with van der Waals surface area (Å²) in [6.07, 6.45) is 18.0. The highest BCUT2D eigenvalue weighted by atomic mass is 16.5. The Morgan fingerprint density at radius 2 is 1.52 bits per heavy atom. The summed E-state index contributed by atoms with van der Waals surface area (Å²) in [6.45, 7) is 3.23. The van der Waals surface area contributed by atoms with Gasteiger partial charge in [-0.2, -0.15) is 0 Å². The predicted octanol–water partition coefficient (Wildman–Crippen LogP) is 7.00. The molecule has 0 saturated carbocycles. The SMILES string of the molecule is CCCCCCCCCCCCOC1CCCc2ccccc21. The maximum atomic E-state index is 6.18. The fraction of sp³-hybridized carbons (Fsp3) is 0.727. The van der Waals surface area contributed by atoms with Gasteiger partial charge in [0.1, 0.15) is 0 Å². The maximum absolute atomic E-state index is 6.18. The van der Waals surface area contributed by atoms with Gasteiger partial charge in [-0.3, -0.25) is 0 Å². The van der Waals surface area contributed by atoms with Gasteiger partial charge in [0, 0.05) is 6.61 Å². The van der Waals surface area contributed by atoms with Gasteiger partial charge in [-0.25, -0.2) is 0 Å². The molecular formula is C22H36O. The van der Waals surface area contributed by atoms with E-state index in [1.807, 2.05) is 0 Å². The average molecular weight is 317 g/mol. The van der Waals surface area contributed by atoms with Crippen molar-refractivity contribution in [3.63, 3.8) is 0 Å². The van der Waals surface area contributed by atoms with Gasteiger partial charge in [-0.05, 0) is 36.8 Å². The van der Waals surface area contributed by atoms with E-state index in [0.717, 1.165) is 6.61 Å². The molecule has 2 rings (SSSR count). The number of rotatable bonds is 12. The Morgan fingerprint density at radius 3 is 2.26 bits per heavy atom. The maximum Gasteiger partial charge on any atom is 0.0827 e. The Labute approximate surface area is 143 Å². The Morgan fingerprint density at radius 1 is 0.870 bits per heavy atom. The molecular weight excluding hydrogens is 280 g/mol. The van der Waals surface area contributed by atoms with Gasteiger partial charge in [-0.15, -0.1) is 0 Å². The van der Waals surface area contributed by atoms with Gasteiger partial charge >= 0.3 is 0 Å². The molecule has 0 fully saturated rings. The van der Waals surface area contributed by atoms with E-state index in [-0.39, 0.29) is 0 Å². The van der Waals surface area contributed by atoms with Crippen molar-refractivity contribution in [3.8, 4) is 0 Å². The van der Waals surface area contributed by atoms with Crippen LogP contribution in [0.2, 0.25) is 0 Å². The van der Waals surface area contributed by atoms with Crippen LogP contribution in [-0.2, 0) is 11.2 Å². The van der Waals surface area contributed by atoms with Crippen molar-refractivity contribution in [1.82, 2.24) is 0 Å². The van der Waals surface area contributed by atoms with Crippen LogP contribution in [0.4, 0.5) is 0 Å². The summed E-state index contributed by atoms with van der Waals surface area (Å²) in [4.78, 5) is 0. The van der Waals surface area contributed by atoms with Crippen LogP contribution >= 0.6 is 0 Å². The molecule has 0 bridgehead atoms. The molecule has 1 heteroatoms. The Bertz CT molecular complexity index is 412. The standard InChI is InChI=1S/C22H36O/c1-2-3-4-5-6-7-8-9-10-13-19-23-22-18-14-16-20-15-11-12-17-21(20)22/h11-12,15,17,22H,2-10,13-14,16,18-19H2,1H3. The molecule has 0 aliphatic heterocycles. The van der Waals surface area contributed by atoms with Crippen LogP contribution in [0.3, 0.4) is 0 Å². The van der Waals surface area contributed by atoms with Crippen molar-refractivity contribution < 1.29 is 4.74 Å². The molecule has 0 amide bonds. The lowest BCUT2D eigenvalue weighted by Gasteiger charge is -2.25. The molecule has 0 radical (unpaired) electrons. The summed E-state index contributed by atoms with van der Waals surface area (Å²) in [5.41, 5.74) is 2.96. The van der Waals surface area contributed by atoms with Crippen molar-refractivity contribution in [1.29, 1.82) is 0 Å². The number of benzene rings is 1. The largest absolute Gasteiger partial charge is 0.374 e. The molecule has 1 aliphatic rings. The number of hydrogen-bond donors (Lipinski definition) is 0. The normalized spacial score (nSPS) is 17.2. The Balaban J connectivity index is 1.47. The second-order valence-corrected chi connectivity index (χ2v) is 7.13. The summed E-state index contributed by atoms with van der Waals surface area (Å²) < 4.78 is 6.18. The summed E-state index contributed by atoms with van der Waals surface area (Å²) in [6, 6.07) is 8.84. The number of fused-ring (bicyclic) bond motifs is 1. The third-order valence-electron chi connectivity index (χ3n) is 5.13. The molecule has 130 valence electrons. The van der Waals surface area contributed by atoms with Crippen LogP contribution in [0, 0.1) is 0 Å². The minimum absolute atomic E-state index is 0.360. The van der Waals surface area contributed by atoms with Crippen LogP contribution in [0.5, 0.6) is 0 Å². The minimum atomic E-state index is 0.360. The van der Waals surface area contributed by atoms with Crippen LogP contribution < -0.4 is 0 Å². The average Bonchev–Trinajstić information content (AvgIpc) is 2.60. The molecule has 1 aliphatic carbocycles. The van der Waals surface area contributed by atoms with Crippen LogP contribution in [0.1, 0.15) is 101 Å². The molecule has 0 spiro atoms. The summed E-state index contributed by atoms with van der Waals surface area (Å²) in [5, 5.41) is 0. The Kier molecular flexibility index (Phi) is 9.40. The fourth-order valence-corrected chi connectivity index (χ4v) is 3.70. The first kappa shape index (κ1) is 18.5. The van der Waals surface area contributed by atoms with Crippen LogP contribution in [0.25, 0.3) is 0 Å². The van der Waals surface area contributed by atoms with Gasteiger partial charge in [0.15, 0.2) is 0 Å². The topological polar surface area (TPSA) is 9.23 Å². The molecule has 1 unspecified atom stereocenters. The van der Waals surface area contributed by atoms with E-state index >= 15 is 0 Å². The minimum Gasteiger partial charge on any atom is -0.374 e. The monoisotopic (exact) mass is 316 g/mol. The zero-order valence-electron chi connectivity index (χ0n) is 15.2. The van der Waals surface area contributed by atoms with E-state index in [9.17, 15) is 0 Å². The van der Waals surface area contributed by atoms with E-state index in [2.05, 4.69) is 31.2 Å². The molecule has 23 heavy (non-hydrogen) atoms. The highest BCUT2D eigenvalue weighted by Gasteiger charge is 2.19. The first-order valence-electron chi connectivity index (χ1n) is 10.1. The quantitative estimate of drug-likeness (QED) is 0.377. The number of ether oxygens (including phenoxy) is 1. The van der Waals surface area contributed by atoms with Crippen molar-refractivity contribution in [3.05, 3.63) is 35.4 Å². The van der Waals surface area contributed by atoms with Crippen molar-refractivity contribution in [2.24, 2.45) is 0 Å². The smallest absolute Gasteiger partial charge is 0.0827 e. The lowest BCUT2D eigenvalue weighted by molar-refractivity contribution is 0.0382. The van der Waals surface area contributed by atoms with E-state index in [4.69, 9.17) is 4.74 Å². The Hall–Kier alpha value is -0.820. The lowest BCUT2D eigenvalue weighted by Crippen LogP contribution is -2.13. The third kappa shape index (κ3) is 7.08. The number of unbranched alkanes of at least 4 members (excludes halogenated alkanes) is 9. The van der Waals surface area contributed by atoms with Gasteiger partial charge in [-0.1, -0.05) is 89.0 Å². The van der Waals surface area contributed by atoms with Gasteiger partial charge in [0.25, 0.3) is 0 Å². The van der Waals surface area contributed by atoms with Crippen LogP contribution in [0.15, 0.2) is 24.3 Å². The van der Waals surface area contributed by atoms with Gasteiger partial charge < -0.3 is 4.74 Å². The second kappa shape index (κ2) is 11.7. The molecule has 1 aromatic rings. The highest BCUT2D eigenvalue weighted by Crippen LogP contribution is 2.32. The third-order valence-corrected chi connectivity index (χ3v) is 5.13. The molecule has 0 aromatic heterocycles. The van der Waals surface area contributed by atoms with Crippen molar-refractivity contribution in [2.45, 2.75) is 96.5 Å². The first-order valence-corrected chi connectivity index (χ1v) is 10.1. The molecule has 0 saturated heterocycles. The molecule has 1 atom stereocenters.